The number of rotatable bonds is 3. The van der Waals surface area contributed by atoms with E-state index in [0.717, 1.165) is 0 Å². The fourth-order valence-electron chi connectivity index (χ4n) is 2.60. The van der Waals surface area contributed by atoms with Gasteiger partial charge in [-0.2, -0.15) is 0 Å². The number of ether oxygens (including phenoxy) is 4. The Labute approximate surface area is 145 Å². The quantitative estimate of drug-likeness (QED) is 0.860. The fourth-order valence-corrected chi connectivity index (χ4v) is 2.60. The van der Waals surface area contributed by atoms with Crippen molar-refractivity contribution in [1.82, 2.24) is 4.98 Å². The molecule has 10 heteroatoms. The normalized spacial score (nSPS) is 18.1. The summed E-state index contributed by atoms with van der Waals surface area (Å²) < 4.78 is 45.9. The molecular weight excluding hydrogens is 352 g/mol. The molecular formula is C16H13F2N3O5. The van der Waals surface area contributed by atoms with Crippen LogP contribution >= 0.6 is 0 Å². The lowest BCUT2D eigenvalue weighted by atomic mass is 10.2. The van der Waals surface area contributed by atoms with Crippen molar-refractivity contribution in [3.05, 3.63) is 41.6 Å². The molecule has 1 fully saturated rings. The van der Waals surface area contributed by atoms with Crippen LogP contribution in [0, 0.1) is 0 Å². The highest BCUT2D eigenvalue weighted by Crippen LogP contribution is 2.45. The van der Waals surface area contributed by atoms with E-state index in [1.807, 2.05) is 0 Å². The maximum Gasteiger partial charge on any atom is 0.586 e. The molecule has 0 spiro atoms. The first kappa shape index (κ1) is 16.5. The molecule has 0 unspecified atom stereocenters. The molecule has 26 heavy (non-hydrogen) atoms. The second-order valence-electron chi connectivity index (χ2n) is 5.50. The molecule has 0 saturated carbocycles. The second kappa shape index (κ2) is 6.07. The van der Waals surface area contributed by atoms with Crippen molar-refractivity contribution >= 4 is 17.4 Å². The van der Waals surface area contributed by atoms with Crippen LogP contribution in [-0.2, 0) is 9.47 Å². The highest BCUT2D eigenvalue weighted by Gasteiger charge is 2.44. The summed E-state index contributed by atoms with van der Waals surface area (Å²) in [5.74, 6) is -1.12. The van der Waals surface area contributed by atoms with Gasteiger partial charge in [-0.25, -0.2) is 4.98 Å². The maximum absolute atomic E-state index is 13.2. The number of alkyl halides is 2. The molecule has 1 saturated heterocycles. The third-order valence-corrected chi connectivity index (χ3v) is 3.73. The third-order valence-electron chi connectivity index (χ3n) is 3.73. The number of pyridine rings is 1. The van der Waals surface area contributed by atoms with Gasteiger partial charge in [0.15, 0.2) is 11.5 Å². The number of para-hydroxylation sites is 1. The Morgan fingerprint density at radius 2 is 1.96 bits per heavy atom. The topological polar surface area (TPSA) is 105 Å². The molecule has 8 nitrogen and oxygen atoms in total. The molecule has 0 radical (unpaired) electrons. The van der Waals surface area contributed by atoms with Crippen molar-refractivity contribution in [1.29, 1.82) is 0 Å². The Morgan fingerprint density at radius 3 is 2.69 bits per heavy atom. The van der Waals surface area contributed by atoms with Crippen LogP contribution in [-0.4, -0.2) is 30.4 Å². The van der Waals surface area contributed by atoms with Gasteiger partial charge in [-0.1, -0.05) is 6.07 Å². The molecule has 2 aliphatic heterocycles. The lowest BCUT2D eigenvalue weighted by Gasteiger charge is -2.12. The summed E-state index contributed by atoms with van der Waals surface area (Å²) in [6, 6.07) is 7.15. The summed E-state index contributed by atoms with van der Waals surface area (Å²) in [6.45, 7) is 0.890. The number of anilines is 2. The first-order valence-electron chi connectivity index (χ1n) is 7.63. The first-order chi connectivity index (χ1) is 12.4. The lowest BCUT2D eigenvalue weighted by molar-refractivity contribution is -0.286. The van der Waals surface area contributed by atoms with Gasteiger partial charge in [-0.3, -0.25) is 4.79 Å². The largest absolute Gasteiger partial charge is 0.586 e. The van der Waals surface area contributed by atoms with Gasteiger partial charge >= 0.3 is 6.29 Å². The van der Waals surface area contributed by atoms with Crippen molar-refractivity contribution in [2.45, 2.75) is 12.6 Å². The summed E-state index contributed by atoms with van der Waals surface area (Å²) in [4.78, 5) is 16.6. The number of carbonyl (C=O) groups is 1. The zero-order chi connectivity index (χ0) is 18.3. The molecule has 3 heterocycles. The van der Waals surface area contributed by atoms with Crippen LogP contribution in [0.1, 0.15) is 22.3 Å². The van der Waals surface area contributed by atoms with Crippen LogP contribution in [0.15, 0.2) is 30.3 Å². The van der Waals surface area contributed by atoms with Crippen molar-refractivity contribution in [2.24, 2.45) is 0 Å². The zero-order valence-electron chi connectivity index (χ0n) is 13.2. The predicted molar refractivity (Wildman–Crippen MR) is 83.9 cm³/mol. The Bertz CT molecular complexity index is 871. The minimum atomic E-state index is -3.79. The standard InChI is InChI=1S/C16H13F2N3O5/c17-16(18)25-11-3-1-2-9(12(11)26-16)21-14(22)8-4-5-10(20-13(8)19)15-23-6-7-24-15/h1-5,15H,6-7H2,(H2,19,20)(H,21,22). The first-order valence-corrected chi connectivity index (χ1v) is 7.63. The smallest absolute Gasteiger partial charge is 0.395 e. The number of halogens is 2. The number of nitrogens with one attached hydrogen (secondary N) is 1. The Balaban J connectivity index is 1.55. The highest BCUT2D eigenvalue weighted by atomic mass is 19.3. The van der Waals surface area contributed by atoms with Crippen LogP contribution in [0.5, 0.6) is 11.5 Å². The minimum absolute atomic E-state index is 0.0237. The number of nitrogens with zero attached hydrogens (tertiary/aromatic N) is 1. The maximum atomic E-state index is 13.2. The zero-order valence-corrected chi connectivity index (χ0v) is 13.2. The van der Waals surface area contributed by atoms with Gasteiger partial charge in [0.1, 0.15) is 5.82 Å². The SMILES string of the molecule is Nc1nc(C2OCCO2)ccc1C(=O)Nc1cccc2c1OC(F)(F)O2. The number of hydrogen-bond donors (Lipinski definition) is 2. The number of aromatic nitrogens is 1. The van der Waals surface area contributed by atoms with Crippen molar-refractivity contribution in [3.8, 4) is 11.5 Å². The molecule has 136 valence electrons. The molecule has 0 atom stereocenters. The molecule has 2 aliphatic rings. The summed E-state index contributed by atoms with van der Waals surface area (Å²) in [6.07, 6.45) is -4.41. The second-order valence-corrected chi connectivity index (χ2v) is 5.50. The predicted octanol–water partition coefficient (Wildman–Crippen LogP) is 2.28. The summed E-state index contributed by atoms with van der Waals surface area (Å²) in [5, 5.41) is 2.47. The van der Waals surface area contributed by atoms with Crippen LogP contribution in [0.3, 0.4) is 0 Å². The molecule has 0 bridgehead atoms. The van der Waals surface area contributed by atoms with Gasteiger partial charge in [0.25, 0.3) is 5.91 Å². The molecule has 1 aromatic carbocycles. The van der Waals surface area contributed by atoms with Gasteiger partial charge in [-0.05, 0) is 24.3 Å². The van der Waals surface area contributed by atoms with Crippen LogP contribution in [0.4, 0.5) is 20.3 Å². The molecule has 2 aromatic rings. The number of fused-ring (bicyclic) bond motifs is 1. The van der Waals surface area contributed by atoms with Crippen LogP contribution < -0.4 is 20.5 Å². The van der Waals surface area contributed by atoms with E-state index in [1.54, 1.807) is 6.07 Å². The lowest BCUT2D eigenvalue weighted by Crippen LogP contribution is -2.26. The van der Waals surface area contributed by atoms with E-state index in [4.69, 9.17) is 15.2 Å². The van der Waals surface area contributed by atoms with E-state index < -0.39 is 18.5 Å². The van der Waals surface area contributed by atoms with Gasteiger partial charge in [-0.15, -0.1) is 8.78 Å². The molecule has 1 amide bonds. The van der Waals surface area contributed by atoms with Gasteiger partial charge in [0, 0.05) is 0 Å². The van der Waals surface area contributed by atoms with Gasteiger partial charge in [0.2, 0.25) is 6.29 Å². The molecule has 1 aromatic heterocycles. The number of nitrogens with two attached hydrogens (primary N) is 1. The molecule has 3 N–H and O–H groups in total. The third kappa shape index (κ3) is 3.00. The minimum Gasteiger partial charge on any atom is -0.395 e. The number of hydrogen-bond acceptors (Lipinski definition) is 7. The molecule has 4 rings (SSSR count). The number of benzene rings is 1. The summed E-state index contributed by atoms with van der Waals surface area (Å²) in [5.41, 5.74) is 6.37. The van der Waals surface area contributed by atoms with Gasteiger partial charge in [0.05, 0.1) is 30.2 Å². The van der Waals surface area contributed by atoms with E-state index in [2.05, 4.69) is 19.8 Å². The van der Waals surface area contributed by atoms with Crippen LogP contribution in [0.2, 0.25) is 0 Å². The Morgan fingerprint density at radius 1 is 1.19 bits per heavy atom. The van der Waals surface area contributed by atoms with E-state index in [9.17, 15) is 13.6 Å². The average Bonchev–Trinajstić information content (AvgIpc) is 3.21. The van der Waals surface area contributed by atoms with Crippen molar-refractivity contribution < 1.29 is 32.5 Å². The Hall–Kier alpha value is -2.98. The monoisotopic (exact) mass is 365 g/mol. The number of carbonyl (C=O) groups excluding carboxylic acids is 1. The van der Waals surface area contributed by atoms with E-state index in [-0.39, 0.29) is 28.6 Å². The van der Waals surface area contributed by atoms with E-state index >= 15 is 0 Å². The Kier molecular flexibility index (Phi) is 3.85. The summed E-state index contributed by atoms with van der Waals surface area (Å²) in [7, 11) is 0. The number of amides is 1. The molecule has 0 aliphatic carbocycles. The van der Waals surface area contributed by atoms with E-state index in [0.29, 0.717) is 18.9 Å². The summed E-state index contributed by atoms with van der Waals surface area (Å²) >= 11 is 0. The highest BCUT2D eigenvalue weighted by molar-refractivity contribution is 6.08. The van der Waals surface area contributed by atoms with Crippen molar-refractivity contribution in [3.63, 3.8) is 0 Å². The number of nitrogen functional groups attached to an aromatic ring is 1. The van der Waals surface area contributed by atoms with Gasteiger partial charge < -0.3 is 30.0 Å². The van der Waals surface area contributed by atoms with E-state index in [1.165, 1.54) is 24.3 Å². The fraction of sp³-hybridized carbons (Fsp3) is 0.250. The van der Waals surface area contributed by atoms with Crippen molar-refractivity contribution in [2.75, 3.05) is 24.3 Å². The van der Waals surface area contributed by atoms with Crippen LogP contribution in [0.25, 0.3) is 0 Å². The average molecular weight is 365 g/mol.